The highest BCUT2D eigenvalue weighted by Gasteiger charge is 2.37. The first-order valence-corrected chi connectivity index (χ1v) is 11.4. The zero-order valence-corrected chi connectivity index (χ0v) is 19.0. The SMILES string of the molecule is CN(C)C1(Cc2cccc(Cl)c2)CCC(NC(=O)CCC(=O)N2CC=CCC2)CC1. The van der Waals surface area contributed by atoms with Crippen molar-refractivity contribution < 1.29 is 9.59 Å². The molecule has 0 atom stereocenters. The van der Waals surface area contributed by atoms with Crippen molar-refractivity contribution in [3.8, 4) is 0 Å². The molecule has 1 fully saturated rings. The molecule has 1 N–H and O–H groups in total. The molecule has 1 aromatic carbocycles. The lowest BCUT2D eigenvalue weighted by atomic mass is 9.75. The lowest BCUT2D eigenvalue weighted by Crippen LogP contribution is -2.52. The fourth-order valence-electron chi connectivity index (χ4n) is 4.65. The van der Waals surface area contributed by atoms with E-state index in [0.717, 1.165) is 50.1 Å². The van der Waals surface area contributed by atoms with Gasteiger partial charge in [-0.15, -0.1) is 0 Å². The first-order valence-electron chi connectivity index (χ1n) is 11.0. The van der Waals surface area contributed by atoms with Gasteiger partial charge in [0.1, 0.15) is 0 Å². The summed E-state index contributed by atoms with van der Waals surface area (Å²) in [6.45, 7) is 1.43. The van der Waals surface area contributed by atoms with E-state index in [2.05, 4.69) is 42.5 Å². The summed E-state index contributed by atoms with van der Waals surface area (Å²) in [4.78, 5) is 28.8. The van der Waals surface area contributed by atoms with Crippen LogP contribution in [0, 0.1) is 0 Å². The highest BCUT2D eigenvalue weighted by Crippen LogP contribution is 2.36. The maximum atomic E-state index is 12.4. The number of nitrogens with zero attached hydrogens (tertiary/aromatic N) is 2. The minimum absolute atomic E-state index is 0.00639. The second kappa shape index (κ2) is 10.5. The van der Waals surface area contributed by atoms with E-state index in [0.29, 0.717) is 13.0 Å². The van der Waals surface area contributed by atoms with Gasteiger partial charge in [0.05, 0.1) is 0 Å². The molecule has 3 rings (SSSR count). The first-order chi connectivity index (χ1) is 14.4. The quantitative estimate of drug-likeness (QED) is 0.668. The van der Waals surface area contributed by atoms with Crippen molar-refractivity contribution in [1.29, 1.82) is 0 Å². The molecule has 0 aromatic heterocycles. The highest BCUT2D eigenvalue weighted by molar-refractivity contribution is 6.30. The molecule has 6 heteroatoms. The van der Waals surface area contributed by atoms with Gasteiger partial charge < -0.3 is 15.1 Å². The van der Waals surface area contributed by atoms with Crippen molar-refractivity contribution in [3.63, 3.8) is 0 Å². The Labute approximate surface area is 185 Å². The van der Waals surface area contributed by atoms with E-state index in [4.69, 9.17) is 11.6 Å². The molecule has 30 heavy (non-hydrogen) atoms. The fourth-order valence-corrected chi connectivity index (χ4v) is 4.87. The number of halogens is 1. The summed E-state index contributed by atoms with van der Waals surface area (Å²) >= 11 is 6.18. The lowest BCUT2D eigenvalue weighted by Gasteiger charge is -2.45. The van der Waals surface area contributed by atoms with Crippen LogP contribution in [0.25, 0.3) is 0 Å². The molecular formula is C24H34ClN3O2. The van der Waals surface area contributed by atoms with Gasteiger partial charge in [0.25, 0.3) is 0 Å². The normalized spacial score (nSPS) is 24.1. The fraction of sp³-hybridized carbons (Fsp3) is 0.583. The number of amides is 2. The van der Waals surface area contributed by atoms with Gasteiger partial charge in [-0.25, -0.2) is 0 Å². The van der Waals surface area contributed by atoms with Crippen molar-refractivity contribution in [2.75, 3.05) is 27.2 Å². The smallest absolute Gasteiger partial charge is 0.223 e. The molecule has 5 nitrogen and oxygen atoms in total. The van der Waals surface area contributed by atoms with Crippen LogP contribution in [0.5, 0.6) is 0 Å². The van der Waals surface area contributed by atoms with Crippen LogP contribution < -0.4 is 5.32 Å². The van der Waals surface area contributed by atoms with Crippen LogP contribution in [0.1, 0.15) is 50.5 Å². The second-order valence-electron chi connectivity index (χ2n) is 8.87. The third kappa shape index (κ3) is 6.08. The summed E-state index contributed by atoms with van der Waals surface area (Å²) in [5.41, 5.74) is 1.34. The largest absolute Gasteiger partial charge is 0.353 e. The summed E-state index contributed by atoms with van der Waals surface area (Å²) in [5.74, 6) is 0.0689. The third-order valence-electron chi connectivity index (χ3n) is 6.63. The van der Waals surface area contributed by atoms with Crippen molar-refractivity contribution in [1.82, 2.24) is 15.1 Å². The lowest BCUT2D eigenvalue weighted by molar-refractivity contribution is -0.133. The van der Waals surface area contributed by atoms with Gasteiger partial charge in [0.15, 0.2) is 0 Å². The standard InChI is InChI=1S/C24H34ClN3O2/c1-27(2)24(18-19-7-6-8-20(25)17-19)13-11-21(12-14-24)26-22(29)9-10-23(30)28-15-4-3-5-16-28/h3-4,6-8,17,21H,5,9-16,18H2,1-2H3,(H,26,29). The van der Waals surface area contributed by atoms with E-state index in [-0.39, 0.29) is 29.8 Å². The Bertz CT molecular complexity index is 769. The predicted octanol–water partition coefficient (Wildman–Crippen LogP) is 3.81. The first kappa shape index (κ1) is 22.8. The van der Waals surface area contributed by atoms with Gasteiger partial charge in [-0.1, -0.05) is 35.9 Å². The maximum Gasteiger partial charge on any atom is 0.223 e. The number of benzene rings is 1. The minimum Gasteiger partial charge on any atom is -0.353 e. The molecule has 0 bridgehead atoms. The topological polar surface area (TPSA) is 52.7 Å². The number of carbonyl (C=O) groups is 2. The summed E-state index contributed by atoms with van der Waals surface area (Å²) < 4.78 is 0. The van der Waals surface area contributed by atoms with Crippen LogP contribution in [0.4, 0.5) is 0 Å². The molecule has 2 aliphatic rings. The Morgan fingerprint density at radius 3 is 2.60 bits per heavy atom. The number of carbonyl (C=O) groups excluding carboxylic acids is 2. The van der Waals surface area contributed by atoms with Crippen molar-refractivity contribution in [3.05, 3.63) is 47.0 Å². The van der Waals surface area contributed by atoms with E-state index in [1.165, 1.54) is 5.56 Å². The Balaban J connectivity index is 1.46. The maximum absolute atomic E-state index is 12.4. The van der Waals surface area contributed by atoms with Crippen molar-refractivity contribution >= 4 is 23.4 Å². The van der Waals surface area contributed by atoms with Crippen molar-refractivity contribution in [2.45, 2.75) is 62.9 Å². The molecule has 1 saturated carbocycles. The third-order valence-corrected chi connectivity index (χ3v) is 6.86. The average Bonchev–Trinajstić information content (AvgIpc) is 2.74. The molecule has 0 spiro atoms. The van der Waals surface area contributed by atoms with E-state index in [1.54, 1.807) is 0 Å². The van der Waals surface area contributed by atoms with E-state index < -0.39 is 0 Å². The highest BCUT2D eigenvalue weighted by atomic mass is 35.5. The number of rotatable bonds is 7. The molecule has 1 heterocycles. The molecule has 164 valence electrons. The Morgan fingerprint density at radius 1 is 1.20 bits per heavy atom. The Hall–Kier alpha value is -1.85. The molecule has 1 aliphatic heterocycles. The summed E-state index contributed by atoms with van der Waals surface area (Å²) in [7, 11) is 4.29. The minimum atomic E-state index is -0.00639. The summed E-state index contributed by atoms with van der Waals surface area (Å²) in [6, 6.07) is 8.30. The molecule has 1 aliphatic carbocycles. The summed E-state index contributed by atoms with van der Waals surface area (Å²) in [5, 5.41) is 3.94. The number of hydrogen-bond donors (Lipinski definition) is 1. The second-order valence-corrected chi connectivity index (χ2v) is 9.30. The van der Waals surface area contributed by atoms with Crippen LogP contribution in [-0.2, 0) is 16.0 Å². The molecule has 0 radical (unpaired) electrons. The zero-order valence-electron chi connectivity index (χ0n) is 18.2. The Kier molecular flexibility index (Phi) is 7.95. The van der Waals surface area contributed by atoms with Gasteiger partial charge in [0, 0.05) is 42.5 Å². The van der Waals surface area contributed by atoms with Crippen LogP contribution in [0.15, 0.2) is 36.4 Å². The number of nitrogens with one attached hydrogen (secondary N) is 1. The van der Waals surface area contributed by atoms with Gasteiger partial charge in [-0.05, 0) is 70.3 Å². The van der Waals surface area contributed by atoms with Gasteiger partial charge in [-0.2, -0.15) is 0 Å². The molecular weight excluding hydrogens is 398 g/mol. The van der Waals surface area contributed by atoms with Crippen LogP contribution >= 0.6 is 11.6 Å². The van der Waals surface area contributed by atoms with Crippen LogP contribution in [-0.4, -0.2) is 60.4 Å². The van der Waals surface area contributed by atoms with Crippen LogP contribution in [0.3, 0.4) is 0 Å². The van der Waals surface area contributed by atoms with Crippen molar-refractivity contribution in [2.24, 2.45) is 0 Å². The van der Waals surface area contributed by atoms with E-state index >= 15 is 0 Å². The molecule has 0 saturated heterocycles. The van der Waals surface area contributed by atoms with Gasteiger partial charge in [-0.3, -0.25) is 9.59 Å². The van der Waals surface area contributed by atoms with Gasteiger partial charge in [0.2, 0.25) is 11.8 Å². The molecule has 0 unspecified atom stereocenters. The van der Waals surface area contributed by atoms with E-state index in [1.807, 2.05) is 23.1 Å². The molecule has 1 aromatic rings. The number of hydrogen-bond acceptors (Lipinski definition) is 3. The van der Waals surface area contributed by atoms with Crippen LogP contribution in [0.2, 0.25) is 5.02 Å². The zero-order chi connectivity index (χ0) is 21.6. The monoisotopic (exact) mass is 431 g/mol. The average molecular weight is 432 g/mol. The predicted molar refractivity (Wildman–Crippen MR) is 122 cm³/mol. The summed E-state index contributed by atoms with van der Waals surface area (Å²) in [6.07, 6.45) is 10.5. The van der Waals surface area contributed by atoms with E-state index in [9.17, 15) is 9.59 Å². The molecule has 2 amide bonds. The Morgan fingerprint density at radius 2 is 1.97 bits per heavy atom. The van der Waals surface area contributed by atoms with Gasteiger partial charge >= 0.3 is 0 Å². The number of likely N-dealkylation sites (N-methyl/N-ethyl adjacent to an activating group) is 1.